The van der Waals surface area contributed by atoms with E-state index < -0.39 is 0 Å². The van der Waals surface area contributed by atoms with Gasteiger partial charge >= 0.3 is 0 Å². The molecule has 1 aliphatic heterocycles. The Morgan fingerprint density at radius 1 is 1.31 bits per heavy atom. The molecular weight excluding hydrogens is 158 g/mol. The number of fused-ring (bicyclic) bond motifs is 1. The fraction of sp³-hybridized carbons (Fsp3) is 0.333. The molecule has 1 aromatic carbocycles. The maximum absolute atomic E-state index is 4.00. The van der Waals surface area contributed by atoms with Gasteiger partial charge in [-0.05, 0) is 23.5 Å². The molecule has 0 saturated carbocycles. The molecule has 0 bridgehead atoms. The smallest absolute Gasteiger partial charge is 0.0419 e. The van der Waals surface area contributed by atoms with Crippen molar-refractivity contribution < 1.29 is 0 Å². The Labute approximate surface area is 79.5 Å². The van der Waals surface area contributed by atoms with E-state index in [1.807, 2.05) is 0 Å². The first-order valence-electron chi connectivity index (χ1n) is 4.64. The number of para-hydroxylation sites is 1. The second kappa shape index (κ2) is 2.63. The van der Waals surface area contributed by atoms with Crippen molar-refractivity contribution in [2.75, 3.05) is 5.32 Å². The Hall–Kier alpha value is -1.24. The lowest BCUT2D eigenvalue weighted by Gasteiger charge is -2.34. The van der Waals surface area contributed by atoms with Crippen molar-refractivity contribution in [1.29, 1.82) is 0 Å². The van der Waals surface area contributed by atoms with Crippen LogP contribution in [0, 0.1) is 0 Å². The lowest BCUT2D eigenvalue weighted by molar-refractivity contribution is 0.512. The Bertz CT molecular complexity index is 350. The van der Waals surface area contributed by atoms with Crippen molar-refractivity contribution in [3.05, 3.63) is 42.1 Å². The van der Waals surface area contributed by atoms with Gasteiger partial charge in [0.15, 0.2) is 0 Å². The molecule has 0 unspecified atom stereocenters. The molecule has 1 aromatic rings. The zero-order valence-corrected chi connectivity index (χ0v) is 8.22. The summed E-state index contributed by atoms with van der Waals surface area (Å²) in [5.74, 6) is 0. The van der Waals surface area contributed by atoms with Crippen LogP contribution >= 0.6 is 0 Å². The average Bonchev–Trinajstić information content (AvgIpc) is 2.02. The molecule has 13 heavy (non-hydrogen) atoms. The third kappa shape index (κ3) is 1.35. The first-order valence-corrected chi connectivity index (χ1v) is 4.64. The van der Waals surface area contributed by atoms with E-state index in [0.29, 0.717) is 0 Å². The average molecular weight is 173 g/mol. The van der Waals surface area contributed by atoms with Crippen molar-refractivity contribution >= 4 is 5.69 Å². The molecule has 0 radical (unpaired) electrons. The summed E-state index contributed by atoms with van der Waals surface area (Å²) >= 11 is 0. The maximum atomic E-state index is 4.00. The van der Waals surface area contributed by atoms with Gasteiger partial charge in [0.2, 0.25) is 0 Å². The lowest BCUT2D eigenvalue weighted by atomic mass is 9.77. The normalized spacial score (nSPS) is 19.1. The lowest BCUT2D eigenvalue weighted by Crippen LogP contribution is -2.26. The zero-order valence-electron chi connectivity index (χ0n) is 8.22. The molecule has 1 nitrogen and oxygen atoms in total. The van der Waals surface area contributed by atoms with Gasteiger partial charge < -0.3 is 5.32 Å². The molecule has 0 aromatic heterocycles. The highest BCUT2D eigenvalue weighted by molar-refractivity contribution is 5.60. The molecular formula is C12H15N. The van der Waals surface area contributed by atoms with E-state index in [1.54, 1.807) is 0 Å². The van der Waals surface area contributed by atoms with Crippen molar-refractivity contribution in [3.8, 4) is 0 Å². The van der Waals surface area contributed by atoms with Crippen LogP contribution in [0.4, 0.5) is 5.69 Å². The second-order valence-electron chi connectivity index (χ2n) is 4.33. The first kappa shape index (κ1) is 8.36. The van der Waals surface area contributed by atoms with Crippen LogP contribution in [0.3, 0.4) is 0 Å². The molecule has 0 amide bonds. The number of rotatable bonds is 0. The molecule has 0 saturated heterocycles. The van der Waals surface area contributed by atoms with Gasteiger partial charge in [-0.2, -0.15) is 0 Å². The van der Waals surface area contributed by atoms with Gasteiger partial charge in [0.25, 0.3) is 0 Å². The largest absolute Gasteiger partial charge is 0.359 e. The van der Waals surface area contributed by atoms with Crippen LogP contribution in [-0.2, 0) is 5.41 Å². The Kier molecular flexibility index (Phi) is 1.69. The summed E-state index contributed by atoms with van der Waals surface area (Å²) in [4.78, 5) is 0. The van der Waals surface area contributed by atoms with Crippen LogP contribution in [0.2, 0.25) is 0 Å². The summed E-state index contributed by atoms with van der Waals surface area (Å²) in [6.45, 7) is 8.52. The summed E-state index contributed by atoms with van der Waals surface area (Å²) in [6, 6.07) is 8.45. The van der Waals surface area contributed by atoms with E-state index in [0.717, 1.165) is 12.1 Å². The molecule has 0 spiro atoms. The minimum atomic E-state index is 0.221. The first-order chi connectivity index (χ1) is 6.09. The van der Waals surface area contributed by atoms with Crippen molar-refractivity contribution in [1.82, 2.24) is 0 Å². The molecule has 0 fully saturated rings. The molecule has 1 N–H and O–H groups in total. The Balaban J connectivity index is 2.56. The highest BCUT2D eigenvalue weighted by Gasteiger charge is 2.28. The van der Waals surface area contributed by atoms with E-state index in [2.05, 4.69) is 50.0 Å². The predicted octanol–water partition coefficient (Wildman–Crippen LogP) is 3.29. The van der Waals surface area contributed by atoms with Gasteiger partial charge in [0, 0.05) is 11.4 Å². The summed E-state index contributed by atoms with van der Waals surface area (Å²) in [5.41, 5.74) is 3.94. The second-order valence-corrected chi connectivity index (χ2v) is 4.33. The third-order valence-electron chi connectivity index (χ3n) is 2.62. The SMILES string of the molecule is C=C1CC(C)(C)c2ccccc2N1. The fourth-order valence-electron chi connectivity index (χ4n) is 2.05. The predicted molar refractivity (Wildman–Crippen MR) is 56.8 cm³/mol. The molecule has 68 valence electrons. The fourth-order valence-corrected chi connectivity index (χ4v) is 2.05. The summed E-state index contributed by atoms with van der Waals surface area (Å²) in [6.07, 6.45) is 1.02. The van der Waals surface area contributed by atoms with Gasteiger partial charge in [-0.3, -0.25) is 0 Å². The number of nitrogens with one attached hydrogen (secondary N) is 1. The quantitative estimate of drug-likeness (QED) is 0.634. The number of hydrogen-bond donors (Lipinski definition) is 1. The van der Waals surface area contributed by atoms with Crippen molar-refractivity contribution in [2.24, 2.45) is 0 Å². The monoisotopic (exact) mass is 173 g/mol. The van der Waals surface area contributed by atoms with E-state index in [9.17, 15) is 0 Å². The molecule has 1 aliphatic rings. The van der Waals surface area contributed by atoms with Gasteiger partial charge in [-0.1, -0.05) is 38.6 Å². The third-order valence-corrected chi connectivity index (χ3v) is 2.62. The van der Waals surface area contributed by atoms with E-state index in [1.165, 1.54) is 11.3 Å². The summed E-state index contributed by atoms with van der Waals surface area (Å²) in [5, 5.41) is 3.32. The number of hydrogen-bond acceptors (Lipinski definition) is 1. The topological polar surface area (TPSA) is 12.0 Å². The van der Waals surface area contributed by atoms with E-state index in [-0.39, 0.29) is 5.41 Å². The Morgan fingerprint density at radius 3 is 2.77 bits per heavy atom. The van der Waals surface area contributed by atoms with E-state index >= 15 is 0 Å². The molecule has 2 rings (SSSR count). The Morgan fingerprint density at radius 2 is 2.00 bits per heavy atom. The highest BCUT2D eigenvalue weighted by atomic mass is 14.9. The minimum Gasteiger partial charge on any atom is -0.359 e. The number of benzene rings is 1. The van der Waals surface area contributed by atoms with Crippen LogP contribution in [0.5, 0.6) is 0 Å². The van der Waals surface area contributed by atoms with Gasteiger partial charge in [0.05, 0.1) is 0 Å². The highest BCUT2D eigenvalue weighted by Crippen LogP contribution is 2.39. The summed E-state index contributed by atoms with van der Waals surface area (Å²) < 4.78 is 0. The summed E-state index contributed by atoms with van der Waals surface area (Å²) in [7, 11) is 0. The number of anilines is 1. The molecule has 0 atom stereocenters. The number of allylic oxidation sites excluding steroid dienone is 1. The molecule has 0 aliphatic carbocycles. The van der Waals surface area contributed by atoms with Gasteiger partial charge in [-0.25, -0.2) is 0 Å². The van der Waals surface area contributed by atoms with Gasteiger partial charge in [0.1, 0.15) is 0 Å². The zero-order chi connectivity index (χ0) is 9.47. The van der Waals surface area contributed by atoms with Crippen molar-refractivity contribution in [3.63, 3.8) is 0 Å². The maximum Gasteiger partial charge on any atom is 0.0419 e. The molecule has 1 heteroatoms. The van der Waals surface area contributed by atoms with Crippen LogP contribution in [-0.4, -0.2) is 0 Å². The van der Waals surface area contributed by atoms with Crippen molar-refractivity contribution in [2.45, 2.75) is 25.7 Å². The molecule has 1 heterocycles. The van der Waals surface area contributed by atoms with E-state index in [4.69, 9.17) is 0 Å². The van der Waals surface area contributed by atoms with Crippen LogP contribution in [0.15, 0.2) is 36.5 Å². The minimum absolute atomic E-state index is 0.221. The van der Waals surface area contributed by atoms with Crippen LogP contribution in [0.1, 0.15) is 25.8 Å². The van der Waals surface area contributed by atoms with Crippen LogP contribution < -0.4 is 5.32 Å². The van der Waals surface area contributed by atoms with Crippen LogP contribution in [0.25, 0.3) is 0 Å². The van der Waals surface area contributed by atoms with Gasteiger partial charge in [-0.15, -0.1) is 0 Å². The standard InChI is InChI=1S/C12H15N/c1-9-8-12(2,3)10-6-4-5-7-11(10)13-9/h4-7,13H,1,8H2,2-3H3.